The van der Waals surface area contributed by atoms with Crippen molar-refractivity contribution >= 4 is 27.8 Å². The van der Waals surface area contributed by atoms with Gasteiger partial charge in [0.1, 0.15) is 30.3 Å². The molecule has 2 aromatic heterocycles. The summed E-state index contributed by atoms with van der Waals surface area (Å²) >= 11 is 0. The van der Waals surface area contributed by atoms with E-state index in [0.29, 0.717) is 5.69 Å². The maximum Gasteiger partial charge on any atom is 0.314 e. The zero-order valence-electron chi connectivity index (χ0n) is 21.2. The first-order valence-corrected chi connectivity index (χ1v) is 12.6. The second-order valence-electron chi connectivity index (χ2n) is 9.81. The number of carbonyl (C=O) groups is 1. The van der Waals surface area contributed by atoms with Crippen LogP contribution in [0.5, 0.6) is 0 Å². The van der Waals surface area contributed by atoms with Gasteiger partial charge in [-0.25, -0.2) is 0 Å². The van der Waals surface area contributed by atoms with Crippen molar-refractivity contribution in [2.45, 2.75) is 49.7 Å². The van der Waals surface area contributed by atoms with E-state index in [9.17, 15) is 30.3 Å². The lowest BCUT2D eigenvalue weighted by Gasteiger charge is -2.46. The number of aliphatic hydroxyl groups excluding tert-OH is 5. The van der Waals surface area contributed by atoms with E-state index in [1.807, 2.05) is 30.3 Å². The number of aromatic amines is 1. The topological polar surface area (TPSA) is 184 Å². The molecule has 0 amide bonds. The van der Waals surface area contributed by atoms with Crippen molar-refractivity contribution in [3.05, 3.63) is 54.9 Å². The average Bonchev–Trinajstić information content (AvgIpc) is 3.33. The van der Waals surface area contributed by atoms with Gasteiger partial charge in [0.15, 0.2) is 18.9 Å². The Labute approximate surface area is 223 Å². The molecule has 5 rings (SSSR count). The second kappa shape index (κ2) is 11.3. The summed E-state index contributed by atoms with van der Waals surface area (Å²) in [5.74, 6) is -3.26. The Morgan fingerprint density at radius 1 is 1.08 bits per heavy atom. The summed E-state index contributed by atoms with van der Waals surface area (Å²) in [7, 11) is 1.21. The molecule has 12 nitrogen and oxygen atoms in total. The fourth-order valence-corrected chi connectivity index (χ4v) is 5.59. The van der Waals surface area contributed by atoms with Crippen LogP contribution in [-0.2, 0) is 30.2 Å². The highest BCUT2D eigenvalue weighted by Crippen LogP contribution is 2.41. The van der Waals surface area contributed by atoms with E-state index in [-0.39, 0.29) is 6.42 Å². The van der Waals surface area contributed by atoms with E-state index in [1.165, 1.54) is 13.2 Å². The number of methoxy groups -OCH3 is 1. The number of benzene rings is 1. The summed E-state index contributed by atoms with van der Waals surface area (Å²) in [5.41, 5.74) is 2.33. The molecule has 10 unspecified atom stereocenters. The predicted molar refractivity (Wildman–Crippen MR) is 136 cm³/mol. The van der Waals surface area contributed by atoms with Crippen molar-refractivity contribution in [3.8, 4) is 0 Å². The molecule has 39 heavy (non-hydrogen) atoms. The smallest absolute Gasteiger partial charge is 0.314 e. The van der Waals surface area contributed by atoms with Crippen molar-refractivity contribution in [2.75, 3.05) is 13.7 Å². The molecule has 1 aromatic carbocycles. The molecular formula is C27H32N2O10. The number of rotatable bonds is 7. The van der Waals surface area contributed by atoms with Crippen LogP contribution in [0.1, 0.15) is 5.69 Å². The number of hydrogen-bond acceptors (Lipinski definition) is 11. The number of aromatic nitrogens is 2. The minimum absolute atomic E-state index is 0.190. The SMILES string of the molecule is C=CC1C(OC2OC(CO)C(O)C(O)C2O)OC(O)C(C(=O)OC)C1Cc1nccc2c1[nH]c1ccccc12. The molecule has 2 aliphatic heterocycles. The predicted octanol–water partition coefficient (Wildman–Crippen LogP) is -0.0426. The van der Waals surface area contributed by atoms with Crippen LogP contribution >= 0.6 is 0 Å². The highest BCUT2D eigenvalue weighted by atomic mass is 16.8. The lowest BCUT2D eigenvalue weighted by molar-refractivity contribution is -0.375. The molecule has 4 heterocycles. The Hall–Kier alpha value is -2.94. The molecule has 6 N–H and O–H groups in total. The molecule has 12 heteroatoms. The van der Waals surface area contributed by atoms with Gasteiger partial charge in [0.05, 0.1) is 24.9 Å². The van der Waals surface area contributed by atoms with Crippen LogP contribution < -0.4 is 0 Å². The van der Waals surface area contributed by atoms with Crippen molar-refractivity contribution < 1.29 is 49.3 Å². The molecule has 0 spiro atoms. The van der Waals surface area contributed by atoms with Crippen molar-refractivity contribution in [1.29, 1.82) is 0 Å². The monoisotopic (exact) mass is 544 g/mol. The number of fused-ring (bicyclic) bond motifs is 3. The molecule has 2 saturated heterocycles. The largest absolute Gasteiger partial charge is 0.469 e. The van der Waals surface area contributed by atoms with Crippen molar-refractivity contribution in [1.82, 2.24) is 9.97 Å². The number of esters is 1. The van der Waals surface area contributed by atoms with Crippen LogP contribution in [-0.4, -0.2) is 98.5 Å². The maximum absolute atomic E-state index is 12.8. The molecule has 2 fully saturated rings. The first-order chi connectivity index (χ1) is 18.8. The Balaban J connectivity index is 1.49. The van der Waals surface area contributed by atoms with E-state index in [1.54, 1.807) is 6.20 Å². The molecule has 0 bridgehead atoms. The number of hydrogen-bond donors (Lipinski definition) is 6. The third kappa shape index (κ3) is 4.94. The van der Waals surface area contributed by atoms with Gasteiger partial charge in [-0.15, -0.1) is 6.58 Å². The van der Waals surface area contributed by atoms with Gasteiger partial charge in [-0.3, -0.25) is 9.78 Å². The zero-order chi connectivity index (χ0) is 27.8. The molecule has 0 radical (unpaired) electrons. The number of carbonyl (C=O) groups excluding carboxylic acids is 1. The average molecular weight is 545 g/mol. The van der Waals surface area contributed by atoms with Gasteiger partial charge in [0.25, 0.3) is 0 Å². The van der Waals surface area contributed by atoms with Gasteiger partial charge in [-0.1, -0.05) is 24.3 Å². The Kier molecular flexibility index (Phi) is 7.99. The number of para-hydroxylation sites is 1. The van der Waals surface area contributed by atoms with Crippen LogP contribution in [0.25, 0.3) is 21.8 Å². The first-order valence-electron chi connectivity index (χ1n) is 12.6. The number of aliphatic hydroxyl groups is 5. The number of H-pyrrole nitrogens is 1. The first kappa shape index (κ1) is 27.6. The molecular weight excluding hydrogens is 512 g/mol. The number of nitrogens with one attached hydrogen (secondary N) is 1. The van der Waals surface area contributed by atoms with Gasteiger partial charge >= 0.3 is 5.97 Å². The van der Waals surface area contributed by atoms with Crippen LogP contribution in [0.15, 0.2) is 49.2 Å². The van der Waals surface area contributed by atoms with Gasteiger partial charge < -0.3 is 49.5 Å². The maximum atomic E-state index is 12.8. The van der Waals surface area contributed by atoms with E-state index in [2.05, 4.69) is 16.5 Å². The van der Waals surface area contributed by atoms with E-state index in [0.717, 1.165) is 21.8 Å². The van der Waals surface area contributed by atoms with E-state index in [4.69, 9.17) is 18.9 Å². The summed E-state index contributed by atoms with van der Waals surface area (Å²) in [4.78, 5) is 20.8. The van der Waals surface area contributed by atoms with Gasteiger partial charge in [0, 0.05) is 28.4 Å². The fraction of sp³-hybridized carbons (Fsp3) is 0.481. The number of nitrogens with zero attached hydrogens (tertiary/aromatic N) is 1. The molecule has 0 aliphatic carbocycles. The van der Waals surface area contributed by atoms with Crippen molar-refractivity contribution in [3.63, 3.8) is 0 Å². The normalized spacial score (nSPS) is 35.2. The summed E-state index contributed by atoms with van der Waals surface area (Å²) in [6.07, 6.45) is -7.23. The lowest BCUT2D eigenvalue weighted by atomic mass is 9.75. The fourth-order valence-electron chi connectivity index (χ4n) is 5.59. The van der Waals surface area contributed by atoms with Crippen LogP contribution in [0, 0.1) is 17.8 Å². The lowest BCUT2D eigenvalue weighted by Crippen LogP contribution is -2.61. The summed E-state index contributed by atoms with van der Waals surface area (Å²) in [5, 5.41) is 53.1. The summed E-state index contributed by atoms with van der Waals surface area (Å²) in [6, 6.07) is 9.69. The quantitative estimate of drug-likeness (QED) is 0.173. The number of ether oxygens (including phenoxy) is 4. The minimum atomic E-state index is -1.69. The van der Waals surface area contributed by atoms with E-state index >= 15 is 0 Å². The van der Waals surface area contributed by atoms with Crippen LogP contribution in [0.2, 0.25) is 0 Å². The number of pyridine rings is 1. The Morgan fingerprint density at radius 2 is 1.85 bits per heavy atom. The molecule has 0 saturated carbocycles. The van der Waals surface area contributed by atoms with Crippen LogP contribution in [0.4, 0.5) is 0 Å². The Morgan fingerprint density at radius 3 is 2.56 bits per heavy atom. The van der Waals surface area contributed by atoms with E-state index < -0.39 is 73.6 Å². The third-order valence-electron chi connectivity index (χ3n) is 7.65. The summed E-state index contributed by atoms with van der Waals surface area (Å²) in [6.45, 7) is 3.24. The third-order valence-corrected chi connectivity index (χ3v) is 7.65. The highest BCUT2D eigenvalue weighted by Gasteiger charge is 2.52. The summed E-state index contributed by atoms with van der Waals surface area (Å²) < 4.78 is 21.9. The standard InChI is InChI=1S/C27H32N2O10/c1-3-12-15(10-17-20-14(8-9-28-17)13-6-4-5-7-16(13)29-20)19(24(34)36-2)25(35)38-26(12)39-27-23(33)22(32)21(31)18(11-30)37-27/h3-9,12,15,18-19,21-23,25-27,29-33,35H,1,10-11H2,2H3. The van der Waals surface area contributed by atoms with Gasteiger partial charge in [-0.05, 0) is 24.5 Å². The zero-order valence-corrected chi connectivity index (χ0v) is 21.2. The van der Waals surface area contributed by atoms with Gasteiger partial charge in [0.2, 0.25) is 0 Å². The highest BCUT2D eigenvalue weighted by molar-refractivity contribution is 6.07. The molecule has 2 aliphatic rings. The Bertz CT molecular complexity index is 1330. The molecule has 3 aromatic rings. The van der Waals surface area contributed by atoms with Crippen molar-refractivity contribution in [2.24, 2.45) is 17.8 Å². The minimum Gasteiger partial charge on any atom is -0.469 e. The second-order valence-corrected chi connectivity index (χ2v) is 9.81. The van der Waals surface area contributed by atoms with Crippen LogP contribution in [0.3, 0.4) is 0 Å². The van der Waals surface area contributed by atoms with Gasteiger partial charge in [-0.2, -0.15) is 0 Å². The molecule has 10 atom stereocenters. The molecule has 210 valence electrons.